The van der Waals surface area contributed by atoms with E-state index in [1.54, 1.807) is 97.1 Å². The summed E-state index contributed by atoms with van der Waals surface area (Å²) in [5, 5.41) is 0. The van der Waals surface area contributed by atoms with Crippen molar-refractivity contribution in [3.63, 3.8) is 0 Å². The summed E-state index contributed by atoms with van der Waals surface area (Å²) < 4.78 is 47.2. The van der Waals surface area contributed by atoms with E-state index in [0.717, 1.165) is 44.5 Å². The molecule has 0 saturated carbocycles. The molecule has 4 atom stereocenters. The van der Waals surface area contributed by atoms with Crippen LogP contribution >= 0.6 is 0 Å². The molecule has 440 valence electrons. The van der Waals surface area contributed by atoms with Crippen molar-refractivity contribution in [2.75, 3.05) is 0 Å². The van der Waals surface area contributed by atoms with Crippen molar-refractivity contribution >= 4 is 23.9 Å². The predicted octanol–water partition coefficient (Wildman–Crippen LogP) is 14.8. The Morgan fingerprint density at radius 3 is 0.614 bits per heavy atom. The Morgan fingerprint density at radius 2 is 0.420 bits per heavy atom. The summed E-state index contributed by atoms with van der Waals surface area (Å²) in [6.45, 7) is 1.73. The van der Waals surface area contributed by atoms with Crippen LogP contribution in [0.15, 0.2) is 267 Å². The molecule has 0 bridgehead atoms. The van der Waals surface area contributed by atoms with Gasteiger partial charge in [0.1, 0.15) is 73.8 Å². The summed E-state index contributed by atoms with van der Waals surface area (Å²) >= 11 is 0. The van der Waals surface area contributed by atoms with Crippen LogP contribution in [0.2, 0.25) is 0 Å². The molecular weight excluding hydrogens is 1100 g/mol. The van der Waals surface area contributed by atoms with Crippen molar-refractivity contribution < 1.29 is 57.1 Å². The Labute approximate surface area is 511 Å². The number of hydrogen-bond acceptors (Lipinski definition) is 12. The standard InChI is InChI=1S/2C38H32O6/c2*39-37(29-15-19-33(20-16-29)41-25-27-9-3-1-4-10-27)43-35-23-31-13-7-8-14-32(31)24-36(35)44-38(40)30-17-21-34(22-18-30)42-26-28-11-5-2-6-12-28/h2*1-22,35-36H,23-26H2/t2*35-,36+. The molecule has 12 heteroatoms. The van der Waals surface area contributed by atoms with Gasteiger partial charge in [0.25, 0.3) is 0 Å². The quantitative estimate of drug-likeness (QED) is 0.0529. The molecule has 0 fully saturated rings. The SMILES string of the molecule is O=C(O[C@H]1Cc2ccccc2C[C@H]1OC(=O)c1ccc(OCc2ccccc2)cc1)c1ccc(OCc2ccccc2)cc1.O=C(O[C@H]1Cc2ccccc2C[C@H]1OC(=O)c1ccc(OCc2ccccc2)cc1)c1ccc(OCc2ccccc2)cc1. The molecule has 12 rings (SSSR count). The third-order valence-corrected chi connectivity index (χ3v) is 15.1. The molecule has 0 aliphatic heterocycles. The van der Waals surface area contributed by atoms with Crippen LogP contribution in [-0.4, -0.2) is 48.3 Å². The van der Waals surface area contributed by atoms with Gasteiger partial charge < -0.3 is 37.9 Å². The van der Waals surface area contributed by atoms with Crippen LogP contribution in [0.4, 0.5) is 0 Å². The number of carbonyl (C=O) groups is 4. The van der Waals surface area contributed by atoms with E-state index in [4.69, 9.17) is 37.9 Å². The summed E-state index contributed by atoms with van der Waals surface area (Å²) in [5.41, 5.74) is 10.1. The zero-order valence-corrected chi connectivity index (χ0v) is 48.3. The highest BCUT2D eigenvalue weighted by atomic mass is 16.6. The zero-order chi connectivity index (χ0) is 60.3. The Bertz CT molecular complexity index is 3370. The van der Waals surface area contributed by atoms with Gasteiger partial charge in [0.2, 0.25) is 0 Å². The van der Waals surface area contributed by atoms with Crippen LogP contribution in [0.1, 0.15) is 85.9 Å². The highest BCUT2D eigenvalue weighted by Gasteiger charge is 2.36. The molecule has 0 heterocycles. The van der Waals surface area contributed by atoms with Gasteiger partial charge in [-0.3, -0.25) is 0 Å². The van der Waals surface area contributed by atoms with E-state index in [-0.39, 0.29) is 0 Å². The lowest BCUT2D eigenvalue weighted by molar-refractivity contribution is -0.0389. The van der Waals surface area contributed by atoms with Gasteiger partial charge in [0, 0.05) is 25.7 Å². The molecule has 0 aromatic heterocycles. The third-order valence-electron chi connectivity index (χ3n) is 15.1. The van der Waals surface area contributed by atoms with Crippen molar-refractivity contribution in [1.82, 2.24) is 0 Å². The van der Waals surface area contributed by atoms with Crippen molar-refractivity contribution in [1.29, 1.82) is 0 Å². The van der Waals surface area contributed by atoms with Gasteiger partial charge in [-0.05, 0) is 142 Å². The number of benzene rings is 10. The maximum atomic E-state index is 13.2. The zero-order valence-electron chi connectivity index (χ0n) is 48.3. The van der Waals surface area contributed by atoms with Crippen LogP contribution in [0, 0.1) is 0 Å². The summed E-state index contributed by atoms with van der Waals surface area (Å²) in [6, 6.07) is 82.8. The Hall–Kier alpha value is -10.7. The fourth-order valence-electron chi connectivity index (χ4n) is 10.3. The van der Waals surface area contributed by atoms with E-state index in [0.29, 0.717) is 97.4 Å². The topological polar surface area (TPSA) is 142 Å². The van der Waals surface area contributed by atoms with Gasteiger partial charge in [-0.15, -0.1) is 0 Å². The van der Waals surface area contributed by atoms with Gasteiger partial charge in [-0.1, -0.05) is 170 Å². The van der Waals surface area contributed by atoms with Gasteiger partial charge >= 0.3 is 23.9 Å². The molecule has 0 amide bonds. The molecule has 12 nitrogen and oxygen atoms in total. The van der Waals surface area contributed by atoms with E-state index in [1.165, 1.54) is 0 Å². The minimum absolute atomic E-state index is 0.395. The average molecular weight is 1170 g/mol. The molecule has 2 aliphatic rings. The monoisotopic (exact) mass is 1170 g/mol. The number of fused-ring (bicyclic) bond motifs is 2. The first kappa shape index (κ1) is 59.0. The van der Waals surface area contributed by atoms with Gasteiger partial charge in [0.15, 0.2) is 0 Å². The van der Waals surface area contributed by atoms with Gasteiger partial charge in [0.05, 0.1) is 22.3 Å². The Balaban J connectivity index is 0.000000182. The molecule has 88 heavy (non-hydrogen) atoms. The maximum Gasteiger partial charge on any atom is 0.338 e. The largest absolute Gasteiger partial charge is 0.489 e. The predicted molar refractivity (Wildman–Crippen MR) is 333 cm³/mol. The maximum absolute atomic E-state index is 13.2. The summed E-state index contributed by atoms with van der Waals surface area (Å²) in [5.74, 6) is 0.686. The van der Waals surface area contributed by atoms with E-state index in [1.807, 2.05) is 170 Å². The molecule has 0 unspecified atom stereocenters. The van der Waals surface area contributed by atoms with E-state index in [2.05, 4.69) is 0 Å². The normalized spacial score (nSPS) is 15.5. The second kappa shape index (κ2) is 29.4. The second-order valence-corrected chi connectivity index (χ2v) is 21.3. The molecule has 0 saturated heterocycles. The molecule has 10 aromatic rings. The lowest BCUT2D eigenvalue weighted by Gasteiger charge is -2.32. The minimum atomic E-state index is -0.635. The molecular formula is C76H64O12. The molecule has 10 aromatic carbocycles. The molecule has 0 spiro atoms. The highest BCUT2D eigenvalue weighted by molar-refractivity contribution is 5.92. The third kappa shape index (κ3) is 16.4. The average Bonchev–Trinajstić information content (AvgIpc) is 2.63. The molecule has 0 radical (unpaired) electrons. The van der Waals surface area contributed by atoms with E-state index >= 15 is 0 Å². The van der Waals surface area contributed by atoms with Crippen molar-refractivity contribution in [3.8, 4) is 23.0 Å². The lowest BCUT2D eigenvalue weighted by atomic mass is 9.87. The first-order valence-electron chi connectivity index (χ1n) is 29.3. The number of hydrogen-bond donors (Lipinski definition) is 0. The van der Waals surface area contributed by atoms with Crippen LogP contribution < -0.4 is 18.9 Å². The minimum Gasteiger partial charge on any atom is -0.489 e. The Morgan fingerprint density at radius 1 is 0.239 bits per heavy atom. The highest BCUT2D eigenvalue weighted by Crippen LogP contribution is 2.30. The number of carbonyl (C=O) groups excluding carboxylic acids is 4. The number of ether oxygens (including phenoxy) is 8. The first-order valence-corrected chi connectivity index (χ1v) is 29.3. The van der Waals surface area contributed by atoms with Crippen molar-refractivity contribution in [3.05, 3.63) is 334 Å². The molecule has 2 aliphatic carbocycles. The second-order valence-electron chi connectivity index (χ2n) is 21.3. The van der Waals surface area contributed by atoms with E-state index < -0.39 is 48.3 Å². The fourth-order valence-corrected chi connectivity index (χ4v) is 10.3. The van der Waals surface area contributed by atoms with Crippen LogP contribution in [0.3, 0.4) is 0 Å². The van der Waals surface area contributed by atoms with Crippen molar-refractivity contribution in [2.24, 2.45) is 0 Å². The first-order chi connectivity index (χ1) is 43.2. The summed E-state index contributed by atoms with van der Waals surface area (Å²) in [4.78, 5) is 52.8. The van der Waals surface area contributed by atoms with Crippen LogP contribution in [-0.2, 0) is 71.1 Å². The smallest absolute Gasteiger partial charge is 0.338 e. The Kier molecular flexibility index (Phi) is 19.7. The molecule has 0 N–H and O–H groups in total. The van der Waals surface area contributed by atoms with E-state index in [9.17, 15) is 19.2 Å². The van der Waals surface area contributed by atoms with Gasteiger partial charge in [-0.25, -0.2) is 19.2 Å². The number of esters is 4. The van der Waals surface area contributed by atoms with Crippen LogP contribution in [0.25, 0.3) is 0 Å². The van der Waals surface area contributed by atoms with Crippen molar-refractivity contribution in [2.45, 2.75) is 76.5 Å². The lowest BCUT2D eigenvalue weighted by Crippen LogP contribution is -2.41. The summed E-state index contributed by atoms with van der Waals surface area (Å²) in [6.07, 6.45) is -0.746. The van der Waals surface area contributed by atoms with Crippen LogP contribution in [0.5, 0.6) is 23.0 Å². The van der Waals surface area contributed by atoms with Gasteiger partial charge in [-0.2, -0.15) is 0 Å². The number of rotatable bonds is 20. The summed E-state index contributed by atoms with van der Waals surface area (Å²) in [7, 11) is 0. The fraction of sp³-hybridized carbons (Fsp3) is 0.158.